The summed E-state index contributed by atoms with van der Waals surface area (Å²) in [6, 6.07) is 8.46. The number of carbonyl (C=O) groups is 3. The van der Waals surface area contributed by atoms with Gasteiger partial charge in [0.05, 0.1) is 5.88 Å². The first-order chi connectivity index (χ1) is 16.0. The maximum atomic E-state index is 13.4. The highest BCUT2D eigenvalue weighted by atomic mass is 32.2. The van der Waals surface area contributed by atoms with Crippen LogP contribution in [0.15, 0.2) is 30.3 Å². The van der Waals surface area contributed by atoms with Gasteiger partial charge in [0.25, 0.3) is 0 Å². The summed E-state index contributed by atoms with van der Waals surface area (Å²) in [4.78, 5) is 42.3. The van der Waals surface area contributed by atoms with Crippen molar-refractivity contribution in [3.05, 3.63) is 35.9 Å². The maximum absolute atomic E-state index is 13.4. The van der Waals surface area contributed by atoms with Gasteiger partial charge in [0.15, 0.2) is 14.1 Å². The van der Waals surface area contributed by atoms with Crippen molar-refractivity contribution < 1.29 is 23.5 Å². The lowest BCUT2D eigenvalue weighted by Gasteiger charge is -2.36. The van der Waals surface area contributed by atoms with Crippen LogP contribution in [-0.4, -0.2) is 72.8 Å². The monoisotopic (exact) mass is 506 g/mol. The molecule has 2 saturated heterocycles. The molecular weight excluding hydrogens is 468 g/mol. The van der Waals surface area contributed by atoms with Crippen molar-refractivity contribution in [1.29, 1.82) is 0 Å². The number of likely N-dealkylation sites (tertiary alicyclic amines) is 1. The molecule has 34 heavy (non-hydrogen) atoms. The second-order valence-corrected chi connectivity index (χ2v) is 16.3. The summed E-state index contributed by atoms with van der Waals surface area (Å²) in [5.41, 5.74) is 0.902. The molecule has 0 aliphatic carbocycles. The van der Waals surface area contributed by atoms with E-state index >= 15 is 0 Å². The Bertz CT molecular complexity index is 874. The van der Waals surface area contributed by atoms with Crippen molar-refractivity contribution in [2.24, 2.45) is 0 Å². The van der Waals surface area contributed by atoms with Crippen molar-refractivity contribution in [1.82, 2.24) is 9.80 Å². The molecule has 9 heteroatoms. The van der Waals surface area contributed by atoms with Crippen LogP contribution in [0.2, 0.25) is 18.1 Å². The van der Waals surface area contributed by atoms with E-state index in [1.807, 2.05) is 30.3 Å². The fraction of sp³-hybridized carbons (Fsp3) is 0.640. The number of rotatable bonds is 8. The zero-order valence-corrected chi connectivity index (χ0v) is 22.9. The van der Waals surface area contributed by atoms with E-state index < -0.39 is 26.5 Å². The maximum Gasteiger partial charge on any atom is 0.410 e. The smallest absolute Gasteiger partial charge is 0.410 e. The Balaban J connectivity index is 1.55. The third-order valence-electron chi connectivity index (χ3n) is 7.13. The molecule has 1 aromatic rings. The molecule has 3 rings (SSSR count). The van der Waals surface area contributed by atoms with Crippen LogP contribution >= 0.6 is 11.8 Å². The van der Waals surface area contributed by atoms with E-state index in [2.05, 4.69) is 33.9 Å². The Hall–Kier alpha value is -1.84. The molecule has 0 bridgehead atoms. The highest BCUT2D eigenvalue weighted by Gasteiger charge is 2.43. The predicted octanol–water partition coefficient (Wildman–Crippen LogP) is 4.67. The van der Waals surface area contributed by atoms with Gasteiger partial charge in [-0.2, -0.15) is 0 Å². The van der Waals surface area contributed by atoms with Crippen molar-refractivity contribution in [2.45, 2.75) is 76.9 Å². The minimum absolute atomic E-state index is 0.0354. The lowest BCUT2D eigenvalue weighted by molar-refractivity contribution is -0.140. The van der Waals surface area contributed by atoms with Gasteiger partial charge in [0, 0.05) is 25.3 Å². The molecule has 2 aliphatic rings. The molecule has 7 nitrogen and oxygen atoms in total. The van der Waals surface area contributed by atoms with E-state index in [-0.39, 0.29) is 23.3 Å². The van der Waals surface area contributed by atoms with Crippen LogP contribution in [0.5, 0.6) is 0 Å². The molecule has 2 aliphatic heterocycles. The fourth-order valence-corrected chi connectivity index (χ4v) is 6.20. The van der Waals surface area contributed by atoms with E-state index in [0.29, 0.717) is 37.6 Å². The summed E-state index contributed by atoms with van der Waals surface area (Å²) < 4.78 is 11.6. The van der Waals surface area contributed by atoms with Gasteiger partial charge >= 0.3 is 6.09 Å². The standard InChI is InChI=1S/C25H38N2O5SSi/c1-25(2,3)34(4,5)32-15-13-22(28)21-17-33-18-27(21)23(29)20-12-9-14-26(20)24(30)31-16-19-10-7-6-8-11-19/h6-8,10-11,20-21H,9,12-18H2,1-5H3/t20-,21-/m0/s1. The van der Waals surface area contributed by atoms with Crippen LogP contribution in [0.25, 0.3) is 0 Å². The Morgan fingerprint density at radius 2 is 1.79 bits per heavy atom. The largest absolute Gasteiger partial charge is 0.445 e. The molecule has 0 N–H and O–H groups in total. The number of carbonyl (C=O) groups excluding carboxylic acids is 3. The fourth-order valence-electron chi connectivity index (χ4n) is 3.95. The molecule has 0 spiro atoms. The van der Waals surface area contributed by atoms with Crippen molar-refractivity contribution in [3.8, 4) is 0 Å². The normalized spacial score (nSPS) is 21.1. The summed E-state index contributed by atoms with van der Waals surface area (Å²) in [5, 5.41) is 0.0856. The molecular formula is C25H38N2O5SSi. The first-order valence-electron chi connectivity index (χ1n) is 12.0. The number of hydrogen-bond donors (Lipinski definition) is 0. The highest BCUT2D eigenvalue weighted by Crippen LogP contribution is 2.36. The number of benzene rings is 1. The van der Waals surface area contributed by atoms with Gasteiger partial charge in [-0.15, -0.1) is 11.8 Å². The van der Waals surface area contributed by atoms with Gasteiger partial charge in [-0.3, -0.25) is 14.5 Å². The molecule has 188 valence electrons. The topological polar surface area (TPSA) is 76.2 Å². The number of hydrogen-bond acceptors (Lipinski definition) is 6. The average molecular weight is 507 g/mol. The molecule has 1 aromatic carbocycles. The lowest BCUT2D eigenvalue weighted by atomic mass is 10.1. The summed E-state index contributed by atoms with van der Waals surface area (Å²) in [6.07, 6.45) is 1.17. The number of Topliss-reactive ketones (excluding diaryl/α,β-unsaturated/α-hetero) is 1. The molecule has 2 heterocycles. The minimum atomic E-state index is -1.92. The van der Waals surface area contributed by atoms with Crippen LogP contribution in [0.4, 0.5) is 4.79 Å². The van der Waals surface area contributed by atoms with E-state index in [1.165, 1.54) is 4.90 Å². The van der Waals surface area contributed by atoms with Crippen molar-refractivity contribution >= 4 is 37.9 Å². The van der Waals surface area contributed by atoms with Crippen molar-refractivity contribution in [3.63, 3.8) is 0 Å². The number of ether oxygens (including phenoxy) is 1. The van der Waals surface area contributed by atoms with E-state index in [9.17, 15) is 14.4 Å². The second kappa shape index (κ2) is 11.3. The van der Waals surface area contributed by atoms with Crippen LogP contribution in [0.3, 0.4) is 0 Å². The molecule has 0 saturated carbocycles. The lowest BCUT2D eigenvalue weighted by Crippen LogP contribution is -2.51. The Morgan fingerprint density at radius 3 is 2.47 bits per heavy atom. The van der Waals surface area contributed by atoms with E-state index in [4.69, 9.17) is 9.16 Å². The zero-order chi connectivity index (χ0) is 24.9. The van der Waals surface area contributed by atoms with Crippen LogP contribution in [0, 0.1) is 0 Å². The van der Waals surface area contributed by atoms with E-state index in [0.717, 1.165) is 12.0 Å². The molecule has 0 radical (unpaired) electrons. The van der Waals surface area contributed by atoms with Crippen LogP contribution < -0.4 is 0 Å². The quantitative estimate of drug-likeness (QED) is 0.477. The van der Waals surface area contributed by atoms with E-state index in [1.54, 1.807) is 16.7 Å². The van der Waals surface area contributed by atoms with Gasteiger partial charge < -0.3 is 14.1 Å². The summed E-state index contributed by atoms with van der Waals surface area (Å²) in [5.74, 6) is 0.952. The van der Waals surface area contributed by atoms with Gasteiger partial charge in [0.2, 0.25) is 5.91 Å². The number of amides is 2. The van der Waals surface area contributed by atoms with Gasteiger partial charge in [-0.05, 0) is 36.5 Å². The highest BCUT2D eigenvalue weighted by molar-refractivity contribution is 7.99. The van der Waals surface area contributed by atoms with Crippen LogP contribution in [-0.2, 0) is 25.4 Å². The Labute approximate surface area is 208 Å². The van der Waals surface area contributed by atoms with Crippen LogP contribution in [0.1, 0.15) is 45.6 Å². The zero-order valence-electron chi connectivity index (χ0n) is 21.0. The summed E-state index contributed by atoms with van der Waals surface area (Å²) >= 11 is 1.58. The van der Waals surface area contributed by atoms with Gasteiger partial charge in [-0.25, -0.2) is 4.79 Å². The third-order valence-corrected chi connectivity index (χ3v) is 12.7. The third kappa shape index (κ3) is 6.43. The molecule has 2 amide bonds. The number of thioether (sulfide) groups is 1. The second-order valence-electron chi connectivity index (χ2n) is 10.5. The van der Waals surface area contributed by atoms with Crippen molar-refractivity contribution in [2.75, 3.05) is 24.8 Å². The van der Waals surface area contributed by atoms with Gasteiger partial charge in [0.1, 0.15) is 18.7 Å². The summed E-state index contributed by atoms with van der Waals surface area (Å²) in [6.45, 7) is 11.9. The molecule has 2 atom stereocenters. The number of ketones is 1. The molecule has 2 fully saturated rings. The number of nitrogens with zero attached hydrogens (tertiary/aromatic N) is 2. The average Bonchev–Trinajstić information content (AvgIpc) is 3.47. The molecule has 0 unspecified atom stereocenters. The predicted molar refractivity (Wildman–Crippen MR) is 137 cm³/mol. The summed E-state index contributed by atoms with van der Waals surface area (Å²) in [7, 11) is -1.92. The Kier molecular flexibility index (Phi) is 8.86. The van der Waals surface area contributed by atoms with Gasteiger partial charge in [-0.1, -0.05) is 51.1 Å². The Morgan fingerprint density at radius 1 is 1.09 bits per heavy atom. The SMILES string of the molecule is CC(C)(C)[Si](C)(C)OCCC(=O)[C@@H]1CSCN1C(=O)[C@@H]1CCCN1C(=O)OCc1ccccc1. The first-order valence-corrected chi connectivity index (χ1v) is 16.1. The minimum Gasteiger partial charge on any atom is -0.445 e. The first kappa shape index (κ1) is 26.8. The molecule has 0 aromatic heterocycles.